The number of amides is 1. The van der Waals surface area contributed by atoms with Gasteiger partial charge in [-0.15, -0.1) is 0 Å². The van der Waals surface area contributed by atoms with Crippen molar-refractivity contribution in [3.63, 3.8) is 0 Å². The predicted molar refractivity (Wildman–Crippen MR) is 108 cm³/mol. The minimum atomic E-state index is -0.504. The normalized spacial score (nSPS) is 25.6. The van der Waals surface area contributed by atoms with Gasteiger partial charge in [-0.3, -0.25) is 4.79 Å². The van der Waals surface area contributed by atoms with Crippen molar-refractivity contribution in [1.29, 1.82) is 0 Å². The fourth-order valence-electron chi connectivity index (χ4n) is 4.78. The lowest BCUT2D eigenvalue weighted by Crippen LogP contribution is -2.59. The number of aliphatic imine (C=N–C) groups is 1. The first kappa shape index (κ1) is 19.1. The molecule has 0 N–H and O–H groups in total. The number of hydrogen-bond donors (Lipinski definition) is 0. The van der Waals surface area contributed by atoms with Gasteiger partial charge in [0.05, 0.1) is 11.8 Å². The lowest BCUT2D eigenvalue weighted by atomic mass is 9.67. The number of carbonyl (C=O) groups excluding carboxylic acids is 1. The molecule has 2 atom stereocenters. The van der Waals surface area contributed by atoms with Gasteiger partial charge in [0.1, 0.15) is 0 Å². The van der Waals surface area contributed by atoms with E-state index >= 15 is 0 Å². The molecule has 2 aliphatic heterocycles. The second kappa shape index (κ2) is 8.81. The van der Waals surface area contributed by atoms with Crippen LogP contribution in [-0.4, -0.2) is 54.3 Å². The van der Waals surface area contributed by atoms with E-state index in [4.69, 9.17) is 0 Å². The van der Waals surface area contributed by atoms with E-state index in [1.165, 1.54) is 12.8 Å². The van der Waals surface area contributed by atoms with E-state index in [9.17, 15) is 4.79 Å². The van der Waals surface area contributed by atoms with Crippen molar-refractivity contribution in [2.24, 2.45) is 4.99 Å². The molecule has 0 spiro atoms. The molecule has 2 aliphatic rings. The molecule has 0 bridgehead atoms. The van der Waals surface area contributed by atoms with Gasteiger partial charge in [0, 0.05) is 12.6 Å². The molecule has 0 saturated carbocycles. The molecule has 0 aromatic heterocycles. The van der Waals surface area contributed by atoms with Gasteiger partial charge in [-0.05, 0) is 63.7 Å². The van der Waals surface area contributed by atoms with E-state index in [-0.39, 0.29) is 11.9 Å². The van der Waals surface area contributed by atoms with Gasteiger partial charge >= 0.3 is 0 Å². The summed E-state index contributed by atoms with van der Waals surface area (Å²) in [4.78, 5) is 22.5. The van der Waals surface area contributed by atoms with E-state index in [0.29, 0.717) is 0 Å². The highest BCUT2D eigenvalue weighted by Crippen LogP contribution is 2.42. The van der Waals surface area contributed by atoms with Crippen molar-refractivity contribution >= 4 is 12.2 Å². The number of hydrogen-bond acceptors (Lipinski definition) is 3. The van der Waals surface area contributed by atoms with Gasteiger partial charge in [-0.1, -0.05) is 44.2 Å². The van der Waals surface area contributed by atoms with Gasteiger partial charge in [0.2, 0.25) is 0 Å². The third-order valence-corrected chi connectivity index (χ3v) is 6.01. The summed E-state index contributed by atoms with van der Waals surface area (Å²) in [5.41, 5.74) is 0.641. The lowest BCUT2D eigenvalue weighted by molar-refractivity contribution is -0.127. The van der Waals surface area contributed by atoms with E-state index in [2.05, 4.69) is 52.9 Å². The number of carbonyl (C=O) groups is 1. The van der Waals surface area contributed by atoms with Crippen molar-refractivity contribution in [3.05, 3.63) is 35.9 Å². The number of nitrogens with zero attached hydrogens (tertiary/aromatic N) is 3. The van der Waals surface area contributed by atoms with Crippen LogP contribution in [0.3, 0.4) is 0 Å². The van der Waals surface area contributed by atoms with Gasteiger partial charge < -0.3 is 9.80 Å². The Kier molecular flexibility index (Phi) is 6.47. The van der Waals surface area contributed by atoms with Crippen LogP contribution in [0, 0.1) is 0 Å². The molecule has 142 valence electrons. The number of rotatable bonds is 8. The maximum atomic E-state index is 13.3. The molecule has 1 fully saturated rings. The van der Waals surface area contributed by atoms with Crippen LogP contribution in [0.5, 0.6) is 0 Å². The summed E-state index contributed by atoms with van der Waals surface area (Å²) in [7, 11) is 0. The molecule has 3 rings (SSSR count). The number of piperidine rings is 1. The monoisotopic (exact) mass is 355 g/mol. The molecule has 1 amide bonds. The molecule has 0 radical (unpaired) electrons. The van der Waals surface area contributed by atoms with Crippen molar-refractivity contribution in [2.45, 2.75) is 63.8 Å². The standard InChI is InChI=1S/C22H33N3O/c1-3-14-24(15-4-2)17-13-22(19-10-6-5-7-11-19)20-12-8-9-16-25(20)18-23-21(22)26/h5-7,10-11,18,20H,3-4,8-9,12-17H2,1-2H3. The molecule has 4 nitrogen and oxygen atoms in total. The van der Waals surface area contributed by atoms with Crippen LogP contribution in [0.15, 0.2) is 35.3 Å². The predicted octanol–water partition coefficient (Wildman–Crippen LogP) is 3.86. The molecule has 1 aromatic carbocycles. The second-order valence-electron chi connectivity index (χ2n) is 7.73. The minimum Gasteiger partial charge on any atom is -0.358 e. The Bertz CT molecular complexity index is 609. The minimum absolute atomic E-state index is 0.0554. The van der Waals surface area contributed by atoms with E-state index < -0.39 is 5.41 Å². The summed E-state index contributed by atoms with van der Waals surface area (Å²) in [5, 5.41) is 0. The van der Waals surface area contributed by atoms with E-state index in [0.717, 1.165) is 57.4 Å². The largest absolute Gasteiger partial charge is 0.358 e. The highest BCUT2D eigenvalue weighted by Gasteiger charge is 2.51. The topological polar surface area (TPSA) is 35.9 Å². The molecule has 1 saturated heterocycles. The Hall–Kier alpha value is -1.68. The molecular weight excluding hydrogens is 322 g/mol. The van der Waals surface area contributed by atoms with Crippen LogP contribution >= 0.6 is 0 Å². The quantitative estimate of drug-likeness (QED) is 0.710. The zero-order chi connectivity index (χ0) is 18.4. The highest BCUT2D eigenvalue weighted by atomic mass is 16.2. The summed E-state index contributed by atoms with van der Waals surface area (Å²) >= 11 is 0. The van der Waals surface area contributed by atoms with Gasteiger partial charge in [0.25, 0.3) is 5.91 Å². The van der Waals surface area contributed by atoms with Crippen molar-refractivity contribution in [2.75, 3.05) is 26.2 Å². The lowest BCUT2D eigenvalue weighted by Gasteiger charge is -2.49. The summed E-state index contributed by atoms with van der Waals surface area (Å²) < 4.78 is 0. The SMILES string of the molecule is CCCN(CCC)CCC1(c2ccccc2)C(=O)N=CN2CCCCC21. The molecule has 0 aliphatic carbocycles. The summed E-state index contributed by atoms with van der Waals surface area (Å²) in [6.45, 7) is 8.64. The Balaban J connectivity index is 1.94. The van der Waals surface area contributed by atoms with Crippen LogP contribution < -0.4 is 0 Å². The molecule has 2 heterocycles. The average Bonchev–Trinajstić information content (AvgIpc) is 2.68. The smallest absolute Gasteiger partial charge is 0.259 e. The third-order valence-electron chi connectivity index (χ3n) is 6.01. The fourth-order valence-corrected chi connectivity index (χ4v) is 4.78. The second-order valence-corrected chi connectivity index (χ2v) is 7.73. The third kappa shape index (κ3) is 3.71. The summed E-state index contributed by atoms with van der Waals surface area (Å²) in [6, 6.07) is 10.7. The summed E-state index contributed by atoms with van der Waals surface area (Å²) in [6.07, 6.45) is 8.44. The van der Waals surface area contributed by atoms with Gasteiger partial charge in [-0.2, -0.15) is 0 Å². The molecule has 4 heteroatoms. The van der Waals surface area contributed by atoms with E-state index in [1.807, 2.05) is 12.4 Å². The van der Waals surface area contributed by atoms with Crippen LogP contribution in [-0.2, 0) is 10.2 Å². The van der Waals surface area contributed by atoms with Crippen LogP contribution in [0.1, 0.15) is 57.9 Å². The number of benzene rings is 1. The van der Waals surface area contributed by atoms with Crippen molar-refractivity contribution < 1.29 is 4.79 Å². The first-order valence-electron chi connectivity index (χ1n) is 10.3. The van der Waals surface area contributed by atoms with Crippen molar-refractivity contribution in [3.8, 4) is 0 Å². The maximum Gasteiger partial charge on any atom is 0.259 e. The average molecular weight is 356 g/mol. The van der Waals surface area contributed by atoms with E-state index in [1.54, 1.807) is 0 Å². The Morgan fingerprint density at radius 2 is 1.85 bits per heavy atom. The molecular formula is C22H33N3O. The zero-order valence-electron chi connectivity index (χ0n) is 16.4. The molecule has 2 unspecified atom stereocenters. The van der Waals surface area contributed by atoms with Crippen molar-refractivity contribution in [1.82, 2.24) is 9.80 Å². The van der Waals surface area contributed by atoms with Crippen LogP contribution in [0.2, 0.25) is 0 Å². The molecule has 26 heavy (non-hydrogen) atoms. The highest BCUT2D eigenvalue weighted by molar-refractivity contribution is 5.96. The Morgan fingerprint density at radius 1 is 1.12 bits per heavy atom. The van der Waals surface area contributed by atoms with Crippen LogP contribution in [0.25, 0.3) is 0 Å². The molecule has 1 aromatic rings. The first-order chi connectivity index (χ1) is 12.7. The van der Waals surface area contributed by atoms with Gasteiger partial charge in [0.15, 0.2) is 0 Å². The zero-order valence-corrected chi connectivity index (χ0v) is 16.4. The Labute approximate surface area is 158 Å². The Morgan fingerprint density at radius 3 is 2.54 bits per heavy atom. The summed E-state index contributed by atoms with van der Waals surface area (Å²) in [5.74, 6) is 0.0554. The van der Waals surface area contributed by atoms with Gasteiger partial charge in [-0.25, -0.2) is 4.99 Å². The number of fused-ring (bicyclic) bond motifs is 1. The first-order valence-corrected chi connectivity index (χ1v) is 10.3. The fraction of sp³-hybridized carbons (Fsp3) is 0.636. The maximum absolute atomic E-state index is 13.3. The van der Waals surface area contributed by atoms with Crippen LogP contribution in [0.4, 0.5) is 0 Å².